The third-order valence-corrected chi connectivity index (χ3v) is 3.79. The molecule has 23 heavy (non-hydrogen) atoms. The van der Waals surface area contributed by atoms with Gasteiger partial charge in [0.2, 0.25) is 5.95 Å². The summed E-state index contributed by atoms with van der Waals surface area (Å²) in [7, 11) is 1.59. The predicted molar refractivity (Wildman–Crippen MR) is 88.8 cm³/mol. The number of nitrogens with zero attached hydrogens (tertiary/aromatic N) is 3. The molecule has 7 nitrogen and oxygen atoms in total. The van der Waals surface area contributed by atoms with E-state index in [1.165, 1.54) is 6.20 Å². The van der Waals surface area contributed by atoms with E-state index in [4.69, 9.17) is 10.5 Å². The standard InChI is InChI=1S/C16H19N5O2/c1-23-12-6-4-11(5-7-12)19-15(22)13-10-18-16(20-14(13)17)21-8-2-3-9-21/h4-7,10H,2-3,8-9H2,1H3,(H,19,22)(H2,17,18,20). The van der Waals surface area contributed by atoms with E-state index in [0.717, 1.165) is 31.7 Å². The maximum Gasteiger partial charge on any atom is 0.260 e. The highest BCUT2D eigenvalue weighted by molar-refractivity contribution is 6.07. The number of rotatable bonds is 4. The fraction of sp³-hybridized carbons (Fsp3) is 0.312. The van der Waals surface area contributed by atoms with Gasteiger partial charge in [-0.15, -0.1) is 0 Å². The molecule has 1 aliphatic rings. The van der Waals surface area contributed by atoms with Crippen molar-refractivity contribution in [3.8, 4) is 5.75 Å². The Morgan fingerprint density at radius 1 is 1.26 bits per heavy atom. The summed E-state index contributed by atoms with van der Waals surface area (Å²) >= 11 is 0. The molecule has 2 aromatic rings. The highest BCUT2D eigenvalue weighted by Gasteiger charge is 2.18. The average Bonchev–Trinajstić information content (AvgIpc) is 3.10. The van der Waals surface area contributed by atoms with Crippen LogP contribution in [0.2, 0.25) is 0 Å². The average molecular weight is 313 g/mol. The molecule has 0 saturated carbocycles. The minimum Gasteiger partial charge on any atom is -0.497 e. The van der Waals surface area contributed by atoms with E-state index in [2.05, 4.69) is 20.2 Å². The van der Waals surface area contributed by atoms with Crippen LogP contribution in [0.1, 0.15) is 23.2 Å². The third-order valence-electron chi connectivity index (χ3n) is 3.79. The lowest BCUT2D eigenvalue weighted by Gasteiger charge is -2.16. The first-order valence-electron chi connectivity index (χ1n) is 7.50. The van der Waals surface area contributed by atoms with Gasteiger partial charge in [0.15, 0.2) is 0 Å². The largest absolute Gasteiger partial charge is 0.497 e. The fourth-order valence-electron chi connectivity index (χ4n) is 2.50. The Labute approximate surface area is 134 Å². The maximum atomic E-state index is 12.3. The zero-order valence-corrected chi connectivity index (χ0v) is 13.0. The molecule has 1 saturated heterocycles. The molecular formula is C16H19N5O2. The van der Waals surface area contributed by atoms with E-state index in [1.54, 1.807) is 31.4 Å². The van der Waals surface area contributed by atoms with Crippen LogP contribution in [0.25, 0.3) is 0 Å². The van der Waals surface area contributed by atoms with Crippen LogP contribution in [-0.4, -0.2) is 36.1 Å². The first-order valence-corrected chi connectivity index (χ1v) is 7.50. The number of anilines is 3. The van der Waals surface area contributed by atoms with Gasteiger partial charge in [-0.2, -0.15) is 4.98 Å². The van der Waals surface area contributed by atoms with Gasteiger partial charge < -0.3 is 20.7 Å². The molecule has 0 unspecified atom stereocenters. The van der Waals surface area contributed by atoms with Crippen molar-refractivity contribution in [1.82, 2.24) is 9.97 Å². The molecule has 2 heterocycles. The topological polar surface area (TPSA) is 93.4 Å². The van der Waals surface area contributed by atoms with Crippen LogP contribution in [0.15, 0.2) is 30.5 Å². The number of carbonyl (C=O) groups is 1. The highest BCUT2D eigenvalue weighted by atomic mass is 16.5. The minimum absolute atomic E-state index is 0.188. The maximum absolute atomic E-state index is 12.3. The molecule has 120 valence electrons. The number of ether oxygens (including phenoxy) is 1. The number of aromatic nitrogens is 2. The van der Waals surface area contributed by atoms with Crippen molar-refractivity contribution in [3.63, 3.8) is 0 Å². The number of hydrogen-bond donors (Lipinski definition) is 2. The van der Waals surface area contributed by atoms with Crippen LogP contribution in [0.3, 0.4) is 0 Å². The van der Waals surface area contributed by atoms with Gasteiger partial charge in [-0.25, -0.2) is 4.98 Å². The summed E-state index contributed by atoms with van der Waals surface area (Å²) in [6, 6.07) is 7.05. The van der Waals surface area contributed by atoms with Crippen molar-refractivity contribution < 1.29 is 9.53 Å². The second-order valence-electron chi connectivity index (χ2n) is 5.35. The molecular weight excluding hydrogens is 294 g/mol. The molecule has 3 N–H and O–H groups in total. The Morgan fingerprint density at radius 2 is 1.96 bits per heavy atom. The van der Waals surface area contributed by atoms with Crippen LogP contribution in [0.5, 0.6) is 5.75 Å². The van der Waals surface area contributed by atoms with Gasteiger partial charge in [-0.3, -0.25) is 4.79 Å². The van der Waals surface area contributed by atoms with Crippen molar-refractivity contribution in [2.24, 2.45) is 0 Å². The van der Waals surface area contributed by atoms with Crippen molar-refractivity contribution in [1.29, 1.82) is 0 Å². The first kappa shape index (κ1) is 15.1. The SMILES string of the molecule is COc1ccc(NC(=O)c2cnc(N3CCCC3)nc2N)cc1. The van der Waals surface area contributed by atoms with Gasteiger partial charge in [-0.1, -0.05) is 0 Å². The predicted octanol–water partition coefficient (Wildman–Crippen LogP) is 1.92. The van der Waals surface area contributed by atoms with E-state index in [0.29, 0.717) is 11.6 Å². The Hall–Kier alpha value is -2.83. The van der Waals surface area contributed by atoms with Gasteiger partial charge in [0.1, 0.15) is 17.1 Å². The lowest BCUT2D eigenvalue weighted by molar-refractivity contribution is 0.102. The Kier molecular flexibility index (Phi) is 4.27. The van der Waals surface area contributed by atoms with Gasteiger partial charge >= 0.3 is 0 Å². The molecule has 0 aliphatic carbocycles. The quantitative estimate of drug-likeness (QED) is 0.895. The number of benzene rings is 1. The molecule has 7 heteroatoms. The zero-order valence-electron chi connectivity index (χ0n) is 13.0. The molecule has 0 spiro atoms. The molecule has 1 aliphatic heterocycles. The third kappa shape index (κ3) is 3.33. The number of amides is 1. The Bertz CT molecular complexity index is 696. The zero-order chi connectivity index (χ0) is 16.2. The molecule has 1 aromatic heterocycles. The normalized spacial score (nSPS) is 13.9. The molecule has 0 radical (unpaired) electrons. The summed E-state index contributed by atoms with van der Waals surface area (Å²) in [5, 5.41) is 2.77. The fourth-order valence-corrected chi connectivity index (χ4v) is 2.50. The summed E-state index contributed by atoms with van der Waals surface area (Å²) < 4.78 is 5.08. The molecule has 0 atom stereocenters. The van der Waals surface area contributed by atoms with E-state index in [-0.39, 0.29) is 17.3 Å². The smallest absolute Gasteiger partial charge is 0.260 e. The lowest BCUT2D eigenvalue weighted by atomic mass is 10.2. The number of methoxy groups -OCH3 is 1. The van der Waals surface area contributed by atoms with Crippen molar-refractivity contribution in [3.05, 3.63) is 36.0 Å². The van der Waals surface area contributed by atoms with Crippen molar-refractivity contribution in [2.75, 3.05) is 36.1 Å². The molecule has 0 bridgehead atoms. The Morgan fingerprint density at radius 3 is 2.57 bits per heavy atom. The lowest BCUT2D eigenvalue weighted by Crippen LogP contribution is -2.22. The van der Waals surface area contributed by atoms with Crippen molar-refractivity contribution >= 4 is 23.4 Å². The van der Waals surface area contributed by atoms with E-state index < -0.39 is 0 Å². The van der Waals surface area contributed by atoms with Gasteiger partial charge in [0.25, 0.3) is 5.91 Å². The Balaban J connectivity index is 1.73. The summed E-state index contributed by atoms with van der Waals surface area (Å²) in [5.74, 6) is 1.16. The second-order valence-corrected chi connectivity index (χ2v) is 5.35. The van der Waals surface area contributed by atoms with E-state index in [9.17, 15) is 4.79 Å². The summed E-state index contributed by atoms with van der Waals surface area (Å²) in [6.45, 7) is 1.85. The molecule has 1 fully saturated rings. The van der Waals surface area contributed by atoms with Crippen LogP contribution in [0, 0.1) is 0 Å². The minimum atomic E-state index is -0.333. The van der Waals surface area contributed by atoms with Crippen LogP contribution >= 0.6 is 0 Å². The van der Waals surface area contributed by atoms with E-state index in [1.807, 2.05) is 0 Å². The van der Waals surface area contributed by atoms with Crippen LogP contribution < -0.4 is 20.7 Å². The van der Waals surface area contributed by atoms with Crippen LogP contribution in [-0.2, 0) is 0 Å². The molecule has 1 aromatic carbocycles. The molecule has 3 rings (SSSR count). The second kappa shape index (κ2) is 6.51. The number of nitrogen functional groups attached to an aromatic ring is 1. The number of nitrogens with one attached hydrogen (secondary N) is 1. The number of nitrogens with two attached hydrogens (primary N) is 1. The monoisotopic (exact) mass is 313 g/mol. The molecule has 1 amide bonds. The summed E-state index contributed by atoms with van der Waals surface area (Å²) in [4.78, 5) is 22.9. The van der Waals surface area contributed by atoms with Crippen LogP contribution in [0.4, 0.5) is 17.5 Å². The summed E-state index contributed by atoms with van der Waals surface area (Å²) in [6.07, 6.45) is 3.74. The number of hydrogen-bond acceptors (Lipinski definition) is 6. The van der Waals surface area contributed by atoms with Crippen molar-refractivity contribution in [2.45, 2.75) is 12.8 Å². The van der Waals surface area contributed by atoms with Gasteiger partial charge in [0, 0.05) is 25.0 Å². The van der Waals surface area contributed by atoms with E-state index >= 15 is 0 Å². The number of carbonyl (C=O) groups excluding carboxylic acids is 1. The van der Waals surface area contributed by atoms with Gasteiger partial charge in [-0.05, 0) is 37.1 Å². The highest BCUT2D eigenvalue weighted by Crippen LogP contribution is 2.20. The first-order chi connectivity index (χ1) is 11.2. The summed E-state index contributed by atoms with van der Waals surface area (Å²) in [5.41, 5.74) is 6.85. The van der Waals surface area contributed by atoms with Gasteiger partial charge in [0.05, 0.1) is 7.11 Å².